The number of thiazole rings is 1. The molecule has 0 aliphatic heterocycles. The van der Waals surface area contributed by atoms with Crippen molar-refractivity contribution in [2.24, 2.45) is 0 Å². The van der Waals surface area contributed by atoms with Crippen LogP contribution in [0.5, 0.6) is 0 Å². The smallest absolute Gasteiger partial charge is 0.274 e. The van der Waals surface area contributed by atoms with E-state index >= 15 is 0 Å². The summed E-state index contributed by atoms with van der Waals surface area (Å²) in [5.41, 5.74) is 3.88. The molecule has 9 heteroatoms. The molecule has 0 fully saturated rings. The van der Waals surface area contributed by atoms with Crippen LogP contribution < -0.4 is 4.90 Å². The SMILES string of the molecule is CC(=O)N(c1nc(CSc2ccc(C(F)(F)F)cn2)cs1)c1c(C)cc(C)cc1C. The van der Waals surface area contributed by atoms with Crippen LogP contribution in [0.15, 0.2) is 40.9 Å². The Morgan fingerprint density at radius 2 is 1.83 bits per heavy atom. The molecule has 0 saturated carbocycles. The van der Waals surface area contributed by atoms with Crippen LogP contribution in [0, 0.1) is 20.8 Å². The lowest BCUT2D eigenvalue weighted by molar-refractivity contribution is -0.137. The number of hydrogen-bond acceptors (Lipinski definition) is 5. The van der Waals surface area contributed by atoms with Gasteiger partial charge in [0.2, 0.25) is 5.91 Å². The zero-order valence-electron chi connectivity index (χ0n) is 16.9. The number of amides is 1. The number of aromatic nitrogens is 2. The fourth-order valence-corrected chi connectivity index (χ4v) is 4.87. The molecule has 2 heterocycles. The Balaban J connectivity index is 1.78. The van der Waals surface area contributed by atoms with Gasteiger partial charge in [0.25, 0.3) is 0 Å². The standard InChI is InChI=1S/C21H20F3N3OS2/c1-12-7-13(2)19(14(3)8-12)27(15(4)28)20-26-17(11-30-20)10-29-18-6-5-16(9-25-18)21(22,23)24/h5-9,11H,10H2,1-4H3. The highest BCUT2D eigenvalue weighted by Gasteiger charge is 2.30. The second-order valence-electron chi connectivity index (χ2n) is 6.89. The molecule has 4 nitrogen and oxygen atoms in total. The van der Waals surface area contributed by atoms with E-state index in [0.29, 0.717) is 15.9 Å². The summed E-state index contributed by atoms with van der Waals surface area (Å²) in [6.07, 6.45) is -3.57. The second-order valence-corrected chi connectivity index (χ2v) is 8.73. The number of thioether (sulfide) groups is 1. The molecule has 2 aromatic heterocycles. The predicted octanol–water partition coefficient (Wildman–Crippen LogP) is 6.46. The third-order valence-corrected chi connectivity index (χ3v) is 6.19. The molecule has 30 heavy (non-hydrogen) atoms. The number of rotatable bonds is 5. The lowest BCUT2D eigenvalue weighted by Gasteiger charge is -2.23. The Bertz CT molecular complexity index is 1040. The highest BCUT2D eigenvalue weighted by Crippen LogP contribution is 2.35. The summed E-state index contributed by atoms with van der Waals surface area (Å²) in [6, 6.07) is 6.42. The fourth-order valence-electron chi connectivity index (χ4n) is 3.16. The minimum Gasteiger partial charge on any atom is -0.274 e. The molecule has 1 amide bonds. The average Bonchev–Trinajstić information content (AvgIpc) is 3.10. The van der Waals surface area contributed by atoms with Crippen molar-refractivity contribution < 1.29 is 18.0 Å². The summed E-state index contributed by atoms with van der Waals surface area (Å²) in [7, 11) is 0. The van der Waals surface area contributed by atoms with Crippen LogP contribution in [0.4, 0.5) is 24.0 Å². The molecule has 0 unspecified atom stereocenters. The molecule has 0 bridgehead atoms. The van der Waals surface area contributed by atoms with Crippen molar-refractivity contribution in [3.63, 3.8) is 0 Å². The number of alkyl halides is 3. The van der Waals surface area contributed by atoms with Gasteiger partial charge in [-0.25, -0.2) is 9.97 Å². The van der Waals surface area contributed by atoms with Gasteiger partial charge in [0.1, 0.15) is 0 Å². The monoisotopic (exact) mass is 451 g/mol. The Morgan fingerprint density at radius 3 is 2.37 bits per heavy atom. The number of carbonyl (C=O) groups excluding carboxylic acids is 1. The van der Waals surface area contributed by atoms with Crippen LogP contribution in [-0.2, 0) is 16.7 Å². The third-order valence-electron chi connectivity index (χ3n) is 4.34. The average molecular weight is 452 g/mol. The summed E-state index contributed by atoms with van der Waals surface area (Å²) in [6.45, 7) is 7.44. The highest BCUT2D eigenvalue weighted by molar-refractivity contribution is 7.98. The first-order valence-corrected chi connectivity index (χ1v) is 10.9. The number of pyridine rings is 1. The zero-order valence-corrected chi connectivity index (χ0v) is 18.5. The molecule has 0 spiro atoms. The van der Waals surface area contributed by atoms with Crippen LogP contribution in [-0.4, -0.2) is 15.9 Å². The van der Waals surface area contributed by atoms with Crippen molar-refractivity contribution in [2.75, 3.05) is 4.90 Å². The van der Waals surface area contributed by atoms with E-state index in [2.05, 4.69) is 9.97 Å². The third kappa shape index (κ3) is 5.02. The lowest BCUT2D eigenvalue weighted by atomic mass is 10.0. The molecule has 3 rings (SSSR count). The van der Waals surface area contributed by atoms with Crippen molar-refractivity contribution in [3.05, 3.63) is 63.8 Å². The molecular weight excluding hydrogens is 431 g/mol. The van der Waals surface area contributed by atoms with E-state index in [9.17, 15) is 18.0 Å². The predicted molar refractivity (Wildman–Crippen MR) is 114 cm³/mol. The minimum atomic E-state index is -4.40. The first kappa shape index (κ1) is 22.3. The van der Waals surface area contributed by atoms with Crippen molar-refractivity contribution in [3.8, 4) is 0 Å². The Kier molecular flexibility index (Phi) is 6.52. The summed E-state index contributed by atoms with van der Waals surface area (Å²) >= 11 is 2.65. The van der Waals surface area contributed by atoms with Crippen molar-refractivity contribution in [2.45, 2.75) is 44.7 Å². The van der Waals surface area contributed by atoms with E-state index < -0.39 is 11.7 Å². The maximum atomic E-state index is 12.6. The Hall–Kier alpha value is -2.39. The van der Waals surface area contributed by atoms with Gasteiger partial charge in [0.15, 0.2) is 5.13 Å². The van der Waals surface area contributed by atoms with Crippen molar-refractivity contribution in [1.29, 1.82) is 0 Å². The number of nitrogens with zero attached hydrogens (tertiary/aromatic N) is 3. The van der Waals surface area contributed by atoms with E-state index in [4.69, 9.17) is 0 Å². The number of benzene rings is 1. The van der Waals surface area contributed by atoms with Crippen molar-refractivity contribution in [1.82, 2.24) is 9.97 Å². The van der Waals surface area contributed by atoms with Gasteiger partial charge in [-0.2, -0.15) is 13.2 Å². The minimum absolute atomic E-state index is 0.136. The second kappa shape index (κ2) is 8.77. The molecule has 0 saturated heterocycles. The summed E-state index contributed by atoms with van der Waals surface area (Å²) in [4.78, 5) is 22.5. The van der Waals surface area contributed by atoms with Gasteiger partial charge in [0.05, 0.1) is 22.0 Å². The molecule has 0 radical (unpaired) electrons. The molecule has 3 aromatic rings. The summed E-state index contributed by atoms with van der Waals surface area (Å²) < 4.78 is 37.9. The van der Waals surface area contributed by atoms with E-state index in [1.54, 1.807) is 4.90 Å². The largest absolute Gasteiger partial charge is 0.417 e. The molecule has 0 aliphatic rings. The van der Waals surface area contributed by atoms with Crippen LogP contribution in [0.3, 0.4) is 0 Å². The van der Waals surface area contributed by atoms with Gasteiger partial charge in [-0.1, -0.05) is 17.7 Å². The first-order valence-electron chi connectivity index (χ1n) is 9.05. The van der Waals surface area contributed by atoms with E-state index in [-0.39, 0.29) is 5.91 Å². The normalized spacial score (nSPS) is 11.6. The molecular formula is C21H20F3N3OS2. The molecule has 0 atom stereocenters. The maximum absolute atomic E-state index is 12.6. The number of anilines is 2. The number of hydrogen-bond donors (Lipinski definition) is 0. The molecule has 0 N–H and O–H groups in total. The molecule has 1 aromatic carbocycles. The Labute approximate surface area is 181 Å². The van der Waals surface area contributed by atoms with Gasteiger partial charge >= 0.3 is 6.18 Å². The zero-order chi connectivity index (χ0) is 22.1. The van der Waals surface area contributed by atoms with Crippen LogP contribution >= 0.6 is 23.1 Å². The Morgan fingerprint density at radius 1 is 1.17 bits per heavy atom. The topological polar surface area (TPSA) is 46.1 Å². The van der Waals surface area contributed by atoms with Gasteiger partial charge in [-0.05, 0) is 44.0 Å². The number of halogens is 3. The fraction of sp³-hybridized carbons (Fsp3) is 0.286. The first-order chi connectivity index (χ1) is 14.1. The van der Waals surface area contributed by atoms with Crippen LogP contribution in [0.25, 0.3) is 0 Å². The van der Waals surface area contributed by atoms with Crippen molar-refractivity contribution >= 4 is 39.8 Å². The lowest BCUT2D eigenvalue weighted by Crippen LogP contribution is -2.24. The molecule has 158 valence electrons. The molecule has 0 aliphatic carbocycles. The van der Waals surface area contributed by atoms with Gasteiger partial charge in [-0.3, -0.25) is 9.69 Å². The van der Waals surface area contributed by atoms with Gasteiger partial charge in [-0.15, -0.1) is 23.1 Å². The van der Waals surface area contributed by atoms with E-state index in [1.165, 1.54) is 36.1 Å². The van der Waals surface area contributed by atoms with E-state index in [0.717, 1.165) is 40.3 Å². The van der Waals surface area contributed by atoms with Gasteiger partial charge in [0, 0.05) is 24.3 Å². The summed E-state index contributed by atoms with van der Waals surface area (Å²) in [5, 5.41) is 2.89. The van der Waals surface area contributed by atoms with E-state index in [1.807, 2.05) is 38.3 Å². The summed E-state index contributed by atoms with van der Waals surface area (Å²) in [5.74, 6) is 0.301. The van der Waals surface area contributed by atoms with Gasteiger partial charge < -0.3 is 0 Å². The van der Waals surface area contributed by atoms with Crippen LogP contribution in [0.2, 0.25) is 0 Å². The number of aryl methyl sites for hydroxylation is 3. The maximum Gasteiger partial charge on any atom is 0.417 e. The highest BCUT2D eigenvalue weighted by atomic mass is 32.2. The number of carbonyl (C=O) groups is 1. The van der Waals surface area contributed by atoms with Crippen LogP contribution in [0.1, 0.15) is 34.9 Å². The quantitative estimate of drug-likeness (QED) is 0.418.